The van der Waals surface area contributed by atoms with Crippen LogP contribution in [0.25, 0.3) is 0 Å². The highest BCUT2D eigenvalue weighted by Crippen LogP contribution is 2.39. The zero-order valence-corrected chi connectivity index (χ0v) is 21.0. The van der Waals surface area contributed by atoms with Crippen LogP contribution in [0.1, 0.15) is 49.9 Å². The van der Waals surface area contributed by atoms with E-state index >= 15 is 0 Å². The summed E-state index contributed by atoms with van der Waals surface area (Å²) in [6.07, 6.45) is -0.0787. The van der Waals surface area contributed by atoms with Gasteiger partial charge in [0.15, 0.2) is 5.60 Å². The van der Waals surface area contributed by atoms with E-state index in [9.17, 15) is 27.2 Å². The number of amides is 2. The average Bonchev–Trinajstić information content (AvgIpc) is 3.09. The maximum Gasteiger partial charge on any atom is 0.405 e. The van der Waals surface area contributed by atoms with Crippen LogP contribution in [-0.4, -0.2) is 53.2 Å². The van der Waals surface area contributed by atoms with Crippen molar-refractivity contribution in [3.8, 4) is 5.75 Å². The third-order valence-electron chi connectivity index (χ3n) is 6.60. The summed E-state index contributed by atoms with van der Waals surface area (Å²) in [5.74, 6) is -0.973. The van der Waals surface area contributed by atoms with Gasteiger partial charge in [-0.25, -0.2) is 9.37 Å². The molecule has 2 fully saturated rings. The van der Waals surface area contributed by atoms with Crippen molar-refractivity contribution in [1.82, 2.24) is 15.6 Å². The van der Waals surface area contributed by atoms with Gasteiger partial charge >= 0.3 is 6.18 Å². The number of hydrogen-bond donors (Lipinski definition) is 2. The number of aromatic nitrogens is 1. The van der Waals surface area contributed by atoms with Crippen LogP contribution in [0.4, 0.5) is 23.4 Å². The molecule has 2 amide bonds. The van der Waals surface area contributed by atoms with E-state index in [2.05, 4.69) is 15.2 Å². The molecular weight excluding hydrogens is 516 g/mol. The maximum atomic E-state index is 13.8. The Hall–Kier alpha value is -3.08. The molecule has 0 unspecified atom stereocenters. The number of ether oxygens (including phenoxy) is 1. The Morgan fingerprint density at radius 2 is 1.81 bits per heavy atom. The Kier molecular flexibility index (Phi) is 7.55. The molecule has 0 saturated carbocycles. The van der Waals surface area contributed by atoms with Gasteiger partial charge in [-0.1, -0.05) is 11.6 Å². The minimum atomic E-state index is -4.49. The number of benzene rings is 1. The molecule has 2 aliphatic heterocycles. The predicted octanol–water partition coefficient (Wildman–Crippen LogP) is 4.64. The highest BCUT2D eigenvalue weighted by Gasteiger charge is 2.43. The quantitative estimate of drug-likeness (QED) is 0.498. The summed E-state index contributed by atoms with van der Waals surface area (Å²) in [5, 5.41) is 4.85. The lowest BCUT2D eigenvalue weighted by atomic mass is 9.96. The van der Waals surface area contributed by atoms with Gasteiger partial charge in [0.2, 0.25) is 0 Å². The van der Waals surface area contributed by atoms with Crippen LogP contribution in [0.3, 0.4) is 0 Å². The van der Waals surface area contributed by atoms with E-state index in [-0.39, 0.29) is 40.4 Å². The second-order valence-electron chi connectivity index (χ2n) is 9.83. The summed E-state index contributed by atoms with van der Waals surface area (Å²) >= 11 is 5.71. The first-order valence-corrected chi connectivity index (χ1v) is 12.2. The minimum Gasteiger partial charge on any atom is -0.478 e. The second-order valence-corrected chi connectivity index (χ2v) is 10.2. The SMILES string of the molecule is CC(C)(Oc1ccc(Cl)c(F)c1)C(=O)N[C@H]1C[C@H]2CC[C@@H](C1)N2c1ccc(C(=O)NCC(F)(F)F)cn1. The maximum absolute atomic E-state index is 13.8. The molecule has 2 N–H and O–H groups in total. The lowest BCUT2D eigenvalue weighted by molar-refractivity contribution is -0.135. The lowest BCUT2D eigenvalue weighted by Crippen LogP contribution is -2.55. The Morgan fingerprint density at radius 3 is 2.38 bits per heavy atom. The molecule has 0 radical (unpaired) electrons. The van der Waals surface area contributed by atoms with Crippen molar-refractivity contribution in [2.24, 2.45) is 0 Å². The van der Waals surface area contributed by atoms with Gasteiger partial charge in [-0.15, -0.1) is 0 Å². The highest BCUT2D eigenvalue weighted by atomic mass is 35.5. The van der Waals surface area contributed by atoms with Gasteiger partial charge in [0.05, 0.1) is 10.6 Å². The number of rotatable bonds is 7. The Labute approximate surface area is 216 Å². The molecule has 4 rings (SSSR count). The third kappa shape index (κ3) is 6.44. The summed E-state index contributed by atoms with van der Waals surface area (Å²) in [6, 6.07) is 7.20. The molecule has 1 aromatic carbocycles. The Bertz CT molecular complexity index is 1150. The predicted molar refractivity (Wildman–Crippen MR) is 129 cm³/mol. The van der Waals surface area contributed by atoms with Crippen LogP contribution in [0.2, 0.25) is 5.02 Å². The fourth-order valence-electron chi connectivity index (χ4n) is 4.87. The van der Waals surface area contributed by atoms with E-state index in [1.165, 1.54) is 24.4 Å². The molecule has 3 atom stereocenters. The van der Waals surface area contributed by atoms with E-state index in [1.807, 2.05) is 5.32 Å². The average molecular weight is 543 g/mol. The van der Waals surface area contributed by atoms with Crippen molar-refractivity contribution in [3.63, 3.8) is 0 Å². The highest BCUT2D eigenvalue weighted by molar-refractivity contribution is 6.30. The Balaban J connectivity index is 1.35. The molecule has 1 aromatic heterocycles. The van der Waals surface area contributed by atoms with Crippen LogP contribution >= 0.6 is 11.6 Å². The normalized spacial score (nSPS) is 21.5. The first kappa shape index (κ1) is 27.0. The van der Waals surface area contributed by atoms with Crippen LogP contribution in [0.15, 0.2) is 36.5 Å². The van der Waals surface area contributed by atoms with Crippen molar-refractivity contribution in [1.29, 1.82) is 0 Å². The molecule has 0 aliphatic carbocycles. The number of hydrogen-bond acceptors (Lipinski definition) is 5. The van der Waals surface area contributed by atoms with Crippen molar-refractivity contribution >= 4 is 29.2 Å². The molecule has 3 heterocycles. The summed E-state index contributed by atoms with van der Waals surface area (Å²) in [7, 11) is 0. The van der Waals surface area contributed by atoms with Gasteiger partial charge in [-0.2, -0.15) is 13.2 Å². The van der Waals surface area contributed by atoms with Gasteiger partial charge in [-0.05, 0) is 63.8 Å². The standard InChI is InChI=1S/C25H27ClF4N4O3/c1-24(2,37-18-6-7-19(26)20(27)11-18)23(36)33-15-9-16-4-5-17(10-15)34(16)21-8-3-14(12-31-21)22(35)32-13-25(28,29)30/h3,6-8,11-12,15-17H,4-5,9-10,13H2,1-2H3,(H,32,35)(H,33,36)/t15-,16+,17-. The number of pyridine rings is 1. The van der Waals surface area contributed by atoms with E-state index in [0.29, 0.717) is 18.7 Å². The van der Waals surface area contributed by atoms with E-state index in [0.717, 1.165) is 18.9 Å². The zero-order valence-electron chi connectivity index (χ0n) is 20.2. The minimum absolute atomic E-state index is 0.0364. The summed E-state index contributed by atoms with van der Waals surface area (Å²) in [6.45, 7) is 1.80. The largest absolute Gasteiger partial charge is 0.478 e. The van der Waals surface area contributed by atoms with Crippen molar-refractivity contribution in [2.75, 3.05) is 11.4 Å². The number of carbonyl (C=O) groups excluding carboxylic acids is 2. The first-order chi connectivity index (χ1) is 17.3. The van der Waals surface area contributed by atoms with Crippen LogP contribution < -0.4 is 20.3 Å². The molecule has 7 nitrogen and oxygen atoms in total. The number of carbonyl (C=O) groups is 2. The number of piperidine rings is 1. The number of alkyl halides is 3. The molecular formula is C25H27ClF4N4O3. The summed E-state index contributed by atoms with van der Waals surface area (Å²) < 4.78 is 56.5. The van der Waals surface area contributed by atoms with Crippen molar-refractivity contribution < 1.29 is 31.9 Å². The van der Waals surface area contributed by atoms with Crippen molar-refractivity contribution in [2.45, 2.75) is 69.4 Å². The number of nitrogens with zero attached hydrogens (tertiary/aromatic N) is 2. The fraction of sp³-hybridized carbons (Fsp3) is 0.480. The second kappa shape index (κ2) is 10.4. The molecule has 200 valence electrons. The van der Waals surface area contributed by atoms with E-state index in [4.69, 9.17) is 16.3 Å². The molecule has 2 saturated heterocycles. The van der Waals surface area contributed by atoms with Crippen LogP contribution in [-0.2, 0) is 4.79 Å². The number of nitrogens with one attached hydrogen (secondary N) is 2. The molecule has 2 aliphatic rings. The van der Waals surface area contributed by atoms with E-state index in [1.54, 1.807) is 19.9 Å². The number of fused-ring (bicyclic) bond motifs is 2. The molecule has 2 aromatic rings. The number of anilines is 1. The number of halogens is 5. The lowest BCUT2D eigenvalue weighted by Gasteiger charge is -2.40. The van der Waals surface area contributed by atoms with Gasteiger partial charge in [-0.3, -0.25) is 9.59 Å². The smallest absolute Gasteiger partial charge is 0.405 e. The summed E-state index contributed by atoms with van der Waals surface area (Å²) in [4.78, 5) is 31.4. The summed E-state index contributed by atoms with van der Waals surface area (Å²) in [5.41, 5.74) is -1.20. The van der Waals surface area contributed by atoms with Crippen molar-refractivity contribution in [3.05, 3.63) is 52.9 Å². The van der Waals surface area contributed by atoms with E-state index < -0.39 is 30.0 Å². The van der Waals surface area contributed by atoms with Crippen LogP contribution in [0, 0.1) is 5.82 Å². The first-order valence-electron chi connectivity index (χ1n) is 11.9. The zero-order chi connectivity index (χ0) is 27.0. The Morgan fingerprint density at radius 1 is 1.14 bits per heavy atom. The monoisotopic (exact) mass is 542 g/mol. The third-order valence-corrected chi connectivity index (χ3v) is 6.91. The van der Waals surface area contributed by atoms with Gasteiger partial charge in [0.25, 0.3) is 11.8 Å². The molecule has 2 bridgehead atoms. The topological polar surface area (TPSA) is 83.6 Å². The van der Waals surface area contributed by atoms with Gasteiger partial charge in [0.1, 0.15) is 23.9 Å². The molecule has 0 spiro atoms. The van der Waals surface area contributed by atoms with Gasteiger partial charge in [0, 0.05) is 30.4 Å². The molecule has 12 heteroatoms. The molecule has 37 heavy (non-hydrogen) atoms. The van der Waals surface area contributed by atoms with Gasteiger partial charge < -0.3 is 20.3 Å². The van der Waals surface area contributed by atoms with Crippen LogP contribution in [0.5, 0.6) is 5.75 Å². The fourth-order valence-corrected chi connectivity index (χ4v) is 4.98.